The van der Waals surface area contributed by atoms with Crippen LogP contribution in [0.15, 0.2) is 18.2 Å². The molecular weight excluding hydrogens is 169 g/mol. The summed E-state index contributed by atoms with van der Waals surface area (Å²) in [4.78, 5) is 0. The van der Waals surface area contributed by atoms with Crippen LogP contribution >= 0.6 is 0 Å². The van der Waals surface area contributed by atoms with E-state index in [9.17, 15) is 4.39 Å². The van der Waals surface area contributed by atoms with Gasteiger partial charge in [-0.3, -0.25) is 0 Å². The fourth-order valence-corrected chi connectivity index (χ4v) is 1.02. The molecule has 0 spiro atoms. The van der Waals surface area contributed by atoms with Crippen LogP contribution in [0.3, 0.4) is 0 Å². The van der Waals surface area contributed by atoms with Crippen LogP contribution in [0.4, 0.5) is 4.39 Å². The van der Waals surface area contributed by atoms with Gasteiger partial charge in [0.25, 0.3) is 0 Å². The molecule has 0 radical (unpaired) electrons. The fraction of sp³-hybridized carbons (Fsp3) is 0.300. The zero-order chi connectivity index (χ0) is 9.68. The molecule has 13 heavy (non-hydrogen) atoms. The number of hydrogen-bond donors (Lipinski definition) is 0. The van der Waals surface area contributed by atoms with E-state index in [1.807, 2.05) is 13.0 Å². The van der Waals surface area contributed by atoms with Gasteiger partial charge in [-0.25, -0.2) is 4.39 Å². The molecule has 0 saturated carbocycles. The average Bonchev–Trinajstić information content (AvgIpc) is 2.18. The Kier molecular flexibility index (Phi) is 3.27. The van der Waals surface area contributed by atoms with Gasteiger partial charge >= 0.3 is 0 Å². The second-order valence-corrected chi connectivity index (χ2v) is 2.51. The summed E-state index contributed by atoms with van der Waals surface area (Å²) in [6.45, 7) is 1.76. The first kappa shape index (κ1) is 9.53. The number of alkyl halides is 1. The molecule has 0 heterocycles. The summed E-state index contributed by atoms with van der Waals surface area (Å²) in [7, 11) is 0. The van der Waals surface area contributed by atoms with E-state index in [1.54, 1.807) is 18.2 Å². The average molecular weight is 179 g/mol. The van der Waals surface area contributed by atoms with Crippen LogP contribution in [0.1, 0.15) is 18.1 Å². The molecule has 1 aromatic rings. The number of nitriles is 1. The monoisotopic (exact) mass is 179 g/mol. The molecule has 0 atom stereocenters. The molecule has 0 amide bonds. The Bertz CT molecular complexity index is 330. The first-order valence-corrected chi connectivity index (χ1v) is 4.03. The number of nitrogens with zero attached hydrogens (tertiary/aromatic N) is 1. The van der Waals surface area contributed by atoms with Crippen molar-refractivity contribution in [2.24, 2.45) is 0 Å². The van der Waals surface area contributed by atoms with Gasteiger partial charge in [0.1, 0.15) is 18.5 Å². The van der Waals surface area contributed by atoms with Crippen molar-refractivity contribution in [1.29, 1.82) is 5.26 Å². The highest BCUT2D eigenvalue weighted by atomic mass is 19.1. The van der Waals surface area contributed by atoms with Gasteiger partial charge in [0.15, 0.2) is 0 Å². The first-order valence-electron chi connectivity index (χ1n) is 4.03. The first-order chi connectivity index (χ1) is 6.31. The van der Waals surface area contributed by atoms with E-state index in [0.717, 1.165) is 0 Å². The van der Waals surface area contributed by atoms with Crippen molar-refractivity contribution in [2.45, 2.75) is 13.6 Å². The zero-order valence-electron chi connectivity index (χ0n) is 7.38. The van der Waals surface area contributed by atoms with Crippen LogP contribution in [-0.2, 0) is 6.67 Å². The Hall–Kier alpha value is -1.56. The van der Waals surface area contributed by atoms with Gasteiger partial charge in [-0.05, 0) is 24.6 Å². The van der Waals surface area contributed by atoms with Crippen LogP contribution in [0, 0.1) is 11.3 Å². The molecule has 0 N–H and O–H groups in total. The largest absolute Gasteiger partial charge is 0.492 e. The minimum absolute atomic E-state index is 0.444. The van der Waals surface area contributed by atoms with Gasteiger partial charge in [0.05, 0.1) is 12.2 Å². The lowest BCUT2D eigenvalue weighted by Gasteiger charge is -2.05. The van der Waals surface area contributed by atoms with E-state index in [2.05, 4.69) is 0 Å². The number of ether oxygens (including phenoxy) is 1. The van der Waals surface area contributed by atoms with Crippen molar-refractivity contribution in [3.63, 3.8) is 0 Å². The fourth-order valence-electron chi connectivity index (χ4n) is 1.02. The highest BCUT2D eigenvalue weighted by molar-refractivity contribution is 5.45. The van der Waals surface area contributed by atoms with Crippen molar-refractivity contribution in [2.75, 3.05) is 6.61 Å². The Morgan fingerprint density at radius 3 is 2.85 bits per heavy atom. The van der Waals surface area contributed by atoms with Crippen molar-refractivity contribution in [3.05, 3.63) is 29.3 Å². The Morgan fingerprint density at radius 1 is 1.54 bits per heavy atom. The van der Waals surface area contributed by atoms with Gasteiger partial charge in [0, 0.05) is 0 Å². The number of rotatable bonds is 3. The van der Waals surface area contributed by atoms with Crippen molar-refractivity contribution in [1.82, 2.24) is 0 Å². The molecule has 0 saturated heterocycles. The summed E-state index contributed by atoms with van der Waals surface area (Å²) >= 11 is 0. The Balaban J connectivity index is 3.04. The minimum atomic E-state index is -0.536. The topological polar surface area (TPSA) is 33.0 Å². The van der Waals surface area contributed by atoms with Crippen LogP contribution in [-0.4, -0.2) is 6.61 Å². The third-order valence-electron chi connectivity index (χ3n) is 1.62. The molecule has 3 heteroatoms. The molecule has 0 aromatic heterocycles. The van der Waals surface area contributed by atoms with E-state index in [1.165, 1.54) is 0 Å². The SMILES string of the molecule is CCOc1cc(CF)ccc1C#N. The third kappa shape index (κ3) is 2.19. The van der Waals surface area contributed by atoms with Gasteiger partial charge in [0.2, 0.25) is 0 Å². The minimum Gasteiger partial charge on any atom is -0.492 e. The van der Waals surface area contributed by atoms with Crippen LogP contribution in [0.2, 0.25) is 0 Å². The lowest BCUT2D eigenvalue weighted by atomic mass is 10.1. The molecular formula is C10H10FNO. The van der Waals surface area contributed by atoms with Crippen LogP contribution < -0.4 is 4.74 Å². The van der Waals surface area contributed by atoms with Gasteiger partial charge in [-0.1, -0.05) is 6.07 Å². The maximum Gasteiger partial charge on any atom is 0.137 e. The maximum absolute atomic E-state index is 12.2. The van der Waals surface area contributed by atoms with Crippen molar-refractivity contribution >= 4 is 0 Å². The van der Waals surface area contributed by atoms with Crippen molar-refractivity contribution < 1.29 is 9.13 Å². The quantitative estimate of drug-likeness (QED) is 0.713. The van der Waals surface area contributed by atoms with Gasteiger partial charge in [-0.15, -0.1) is 0 Å². The van der Waals surface area contributed by atoms with E-state index in [-0.39, 0.29) is 0 Å². The molecule has 0 aliphatic rings. The van der Waals surface area contributed by atoms with E-state index in [0.29, 0.717) is 23.5 Å². The summed E-state index contributed by atoms with van der Waals surface area (Å²) in [5, 5.41) is 8.68. The highest BCUT2D eigenvalue weighted by Gasteiger charge is 2.03. The number of benzene rings is 1. The predicted molar refractivity (Wildman–Crippen MR) is 47.1 cm³/mol. The standard InChI is InChI=1S/C10H10FNO/c1-2-13-10-5-8(6-11)3-4-9(10)7-12/h3-5H,2,6H2,1H3. The van der Waals surface area contributed by atoms with Crippen molar-refractivity contribution in [3.8, 4) is 11.8 Å². The second kappa shape index (κ2) is 4.46. The molecule has 68 valence electrons. The summed E-state index contributed by atoms with van der Waals surface area (Å²) in [6.07, 6.45) is 0. The Labute approximate surface area is 76.6 Å². The second-order valence-electron chi connectivity index (χ2n) is 2.51. The smallest absolute Gasteiger partial charge is 0.137 e. The van der Waals surface area contributed by atoms with E-state index < -0.39 is 6.67 Å². The van der Waals surface area contributed by atoms with Crippen LogP contribution in [0.25, 0.3) is 0 Å². The summed E-state index contributed by atoms with van der Waals surface area (Å²) < 4.78 is 17.4. The normalized spacial score (nSPS) is 9.31. The molecule has 1 rings (SSSR count). The summed E-state index contributed by atoms with van der Waals surface area (Å²) in [5.74, 6) is 0.458. The lowest BCUT2D eigenvalue weighted by molar-refractivity contribution is 0.338. The molecule has 0 aliphatic heterocycles. The van der Waals surface area contributed by atoms with E-state index in [4.69, 9.17) is 10.00 Å². The van der Waals surface area contributed by atoms with Gasteiger partial charge in [-0.2, -0.15) is 5.26 Å². The molecule has 1 aromatic carbocycles. The van der Waals surface area contributed by atoms with E-state index >= 15 is 0 Å². The Morgan fingerprint density at radius 2 is 2.31 bits per heavy atom. The molecule has 0 aliphatic carbocycles. The maximum atomic E-state index is 12.2. The number of halogens is 1. The highest BCUT2D eigenvalue weighted by Crippen LogP contribution is 2.20. The predicted octanol–water partition coefficient (Wildman–Crippen LogP) is 2.43. The molecule has 0 bridgehead atoms. The molecule has 2 nitrogen and oxygen atoms in total. The van der Waals surface area contributed by atoms with Gasteiger partial charge < -0.3 is 4.74 Å². The van der Waals surface area contributed by atoms with Crippen LogP contribution in [0.5, 0.6) is 5.75 Å². The lowest BCUT2D eigenvalue weighted by Crippen LogP contribution is -1.95. The summed E-state index contributed by atoms with van der Waals surface area (Å²) in [5.41, 5.74) is 0.974. The molecule has 0 unspecified atom stereocenters. The third-order valence-corrected chi connectivity index (χ3v) is 1.62. The number of hydrogen-bond acceptors (Lipinski definition) is 2. The molecule has 0 fully saturated rings. The summed E-state index contributed by atoms with van der Waals surface area (Å²) in [6, 6.07) is 6.70. The zero-order valence-corrected chi connectivity index (χ0v) is 7.38.